The van der Waals surface area contributed by atoms with Crippen LogP contribution in [0.25, 0.3) is 11.1 Å². The van der Waals surface area contributed by atoms with E-state index in [-0.39, 0.29) is 50.2 Å². The fourth-order valence-corrected chi connectivity index (χ4v) is 7.53. The molecule has 0 saturated carbocycles. The molecule has 2 aromatic heterocycles. The van der Waals surface area contributed by atoms with Crippen LogP contribution in [0.5, 0.6) is 11.6 Å². The molecule has 3 aliphatic heterocycles. The molecule has 20 heteroatoms. The van der Waals surface area contributed by atoms with Gasteiger partial charge in [-0.05, 0) is 55.8 Å². The third kappa shape index (κ3) is 12.6. The first-order valence-electron chi connectivity index (χ1n) is 21.6. The number of fused-ring (bicyclic) bond motifs is 1. The second-order valence-corrected chi connectivity index (χ2v) is 15.4. The van der Waals surface area contributed by atoms with Crippen LogP contribution in [-0.2, 0) is 46.0 Å². The standard InChI is InChI=1S/C46H51F3N6O11/c1-30-36(26-34(28-50-30)52-42(57)31-4-2-5-33(24-31)46(47,48)49)32-25-39(54-10-12-60-13-11-54)44(51-27-32)66-23-21-64-19-17-62-15-14-61-16-18-63-20-22-65-40-7-3-6-35-37(40)29-55(45(35)59)38-8-9-41(56)53-43(38)58/h2-7,24-28,38H,8-23,29H2,1H3,(H,52,57)(H,53,56,58). The van der Waals surface area contributed by atoms with E-state index in [1.807, 2.05) is 13.0 Å². The van der Waals surface area contributed by atoms with E-state index in [1.54, 1.807) is 30.5 Å². The van der Waals surface area contributed by atoms with Crippen molar-refractivity contribution in [2.75, 3.05) is 103 Å². The molecule has 2 saturated heterocycles. The van der Waals surface area contributed by atoms with E-state index >= 15 is 0 Å². The van der Waals surface area contributed by atoms with Gasteiger partial charge in [0, 0.05) is 59.2 Å². The first kappa shape index (κ1) is 47.8. The second-order valence-electron chi connectivity index (χ2n) is 15.4. The zero-order valence-corrected chi connectivity index (χ0v) is 36.4. The molecule has 352 valence electrons. The summed E-state index contributed by atoms with van der Waals surface area (Å²) in [4.78, 5) is 62.5. The summed E-state index contributed by atoms with van der Waals surface area (Å²) in [5.74, 6) is -0.794. The number of anilines is 2. The zero-order chi connectivity index (χ0) is 46.5. The van der Waals surface area contributed by atoms with Crippen LogP contribution in [0.3, 0.4) is 0 Å². The third-order valence-electron chi connectivity index (χ3n) is 10.9. The zero-order valence-electron chi connectivity index (χ0n) is 36.4. The van der Waals surface area contributed by atoms with E-state index in [2.05, 4.69) is 25.5 Å². The van der Waals surface area contributed by atoms with Gasteiger partial charge < -0.3 is 48.3 Å². The van der Waals surface area contributed by atoms with Crippen molar-refractivity contribution in [2.45, 2.75) is 38.5 Å². The van der Waals surface area contributed by atoms with Crippen molar-refractivity contribution >= 4 is 35.0 Å². The molecular weight excluding hydrogens is 870 g/mol. The minimum absolute atomic E-state index is 0.134. The van der Waals surface area contributed by atoms with Gasteiger partial charge in [-0.2, -0.15) is 13.2 Å². The molecule has 0 radical (unpaired) electrons. The number of aryl methyl sites for hydroxylation is 1. The summed E-state index contributed by atoms with van der Waals surface area (Å²) >= 11 is 0. The normalized spacial score (nSPS) is 16.3. The highest BCUT2D eigenvalue weighted by Gasteiger charge is 2.40. The molecule has 4 amide bonds. The number of rotatable bonds is 22. The number of nitrogens with zero attached hydrogens (tertiary/aromatic N) is 4. The topological polar surface area (TPSA) is 189 Å². The molecule has 0 spiro atoms. The average Bonchev–Trinajstić information content (AvgIpc) is 3.65. The van der Waals surface area contributed by atoms with E-state index < -0.39 is 29.6 Å². The van der Waals surface area contributed by atoms with Gasteiger partial charge in [0.15, 0.2) is 0 Å². The molecule has 2 N–H and O–H groups in total. The van der Waals surface area contributed by atoms with Crippen molar-refractivity contribution in [1.82, 2.24) is 20.2 Å². The molecule has 7 rings (SSSR count). The summed E-state index contributed by atoms with van der Waals surface area (Å²) < 4.78 is 79.8. The number of pyridine rings is 2. The van der Waals surface area contributed by atoms with Crippen LogP contribution in [0.15, 0.2) is 67.0 Å². The number of nitrogens with one attached hydrogen (secondary N) is 2. The van der Waals surface area contributed by atoms with Crippen molar-refractivity contribution in [3.05, 3.63) is 94.9 Å². The van der Waals surface area contributed by atoms with Gasteiger partial charge in [0.05, 0.1) is 90.1 Å². The van der Waals surface area contributed by atoms with Crippen LogP contribution >= 0.6 is 0 Å². The lowest BCUT2D eigenvalue weighted by molar-refractivity contribution is -0.138. The largest absolute Gasteiger partial charge is 0.491 e. The van der Waals surface area contributed by atoms with Gasteiger partial charge in [-0.15, -0.1) is 0 Å². The van der Waals surface area contributed by atoms with Gasteiger partial charge in [-0.3, -0.25) is 29.5 Å². The van der Waals surface area contributed by atoms with Crippen molar-refractivity contribution in [2.24, 2.45) is 0 Å². The van der Waals surface area contributed by atoms with Gasteiger partial charge >= 0.3 is 6.18 Å². The van der Waals surface area contributed by atoms with Crippen molar-refractivity contribution < 1.29 is 65.5 Å². The minimum atomic E-state index is -4.58. The summed E-state index contributed by atoms with van der Waals surface area (Å²) in [5, 5.41) is 4.96. The van der Waals surface area contributed by atoms with E-state index in [1.165, 1.54) is 23.2 Å². The van der Waals surface area contributed by atoms with Crippen LogP contribution in [-0.4, -0.2) is 137 Å². The molecule has 0 bridgehead atoms. The quantitative estimate of drug-likeness (QED) is 0.0805. The van der Waals surface area contributed by atoms with Gasteiger partial charge in [-0.1, -0.05) is 12.1 Å². The van der Waals surface area contributed by atoms with Crippen molar-refractivity contribution in [3.63, 3.8) is 0 Å². The summed E-state index contributed by atoms with van der Waals surface area (Å²) in [6.07, 6.45) is -1.01. The van der Waals surface area contributed by atoms with Crippen LogP contribution < -0.4 is 25.0 Å². The fourth-order valence-electron chi connectivity index (χ4n) is 7.53. The lowest BCUT2D eigenvalue weighted by Crippen LogP contribution is -2.52. The Morgan fingerprint density at radius 1 is 0.818 bits per heavy atom. The monoisotopic (exact) mass is 920 g/mol. The first-order chi connectivity index (χ1) is 32.0. The number of carbonyl (C=O) groups is 4. The number of hydrogen-bond donors (Lipinski definition) is 2. The second kappa shape index (κ2) is 22.8. The number of amides is 4. The van der Waals surface area contributed by atoms with Crippen LogP contribution in [0.2, 0.25) is 0 Å². The maximum atomic E-state index is 13.2. The van der Waals surface area contributed by atoms with E-state index in [0.717, 1.165) is 17.8 Å². The van der Waals surface area contributed by atoms with Gasteiger partial charge in [-0.25, -0.2) is 4.98 Å². The number of halogens is 3. The Bertz CT molecular complexity index is 2350. The molecule has 3 aliphatic rings. The van der Waals surface area contributed by atoms with Gasteiger partial charge in [0.2, 0.25) is 17.7 Å². The van der Waals surface area contributed by atoms with E-state index in [0.29, 0.717) is 124 Å². The Balaban J connectivity index is 0.771. The number of ether oxygens (including phenoxy) is 7. The Kier molecular flexibility index (Phi) is 16.5. The smallest absolute Gasteiger partial charge is 0.416 e. The molecular formula is C46H51F3N6O11. The molecule has 2 fully saturated rings. The third-order valence-corrected chi connectivity index (χ3v) is 10.9. The van der Waals surface area contributed by atoms with Gasteiger partial charge in [0.1, 0.15) is 30.7 Å². The Morgan fingerprint density at radius 2 is 1.48 bits per heavy atom. The molecule has 1 atom stereocenters. The average molecular weight is 921 g/mol. The minimum Gasteiger partial charge on any atom is -0.491 e. The van der Waals surface area contributed by atoms with Gasteiger partial charge in [0.25, 0.3) is 11.8 Å². The Hall–Kier alpha value is -6.19. The Labute approximate surface area is 378 Å². The van der Waals surface area contributed by atoms with Crippen molar-refractivity contribution in [1.29, 1.82) is 0 Å². The van der Waals surface area contributed by atoms with Crippen LogP contribution in [0.1, 0.15) is 50.4 Å². The highest BCUT2D eigenvalue weighted by molar-refractivity contribution is 6.06. The lowest BCUT2D eigenvalue weighted by atomic mass is 10.0. The number of aromatic nitrogens is 2. The molecule has 66 heavy (non-hydrogen) atoms. The van der Waals surface area contributed by atoms with E-state index in [9.17, 15) is 32.3 Å². The highest BCUT2D eigenvalue weighted by atomic mass is 19.4. The number of imide groups is 1. The first-order valence-corrected chi connectivity index (χ1v) is 21.6. The number of alkyl halides is 3. The van der Waals surface area contributed by atoms with Crippen LogP contribution in [0.4, 0.5) is 24.5 Å². The molecule has 17 nitrogen and oxygen atoms in total. The number of morpholine rings is 1. The summed E-state index contributed by atoms with van der Waals surface area (Å²) in [6.45, 7) is 7.55. The number of carbonyl (C=O) groups excluding carboxylic acids is 4. The molecule has 4 aromatic rings. The number of hydrogen-bond acceptors (Lipinski definition) is 14. The molecule has 2 aromatic carbocycles. The number of benzene rings is 2. The Morgan fingerprint density at radius 3 is 2.17 bits per heavy atom. The predicted molar refractivity (Wildman–Crippen MR) is 231 cm³/mol. The SMILES string of the molecule is Cc1ncc(NC(=O)c2cccc(C(F)(F)F)c2)cc1-c1cnc(OCCOCCOCCOCCOCCOc2cccc3c2CN(C2CCC(=O)NC2=O)C3=O)c(N2CCOCC2)c1. The summed E-state index contributed by atoms with van der Waals surface area (Å²) in [7, 11) is 0. The molecule has 0 aliphatic carbocycles. The van der Waals surface area contributed by atoms with Crippen LogP contribution in [0, 0.1) is 6.92 Å². The van der Waals surface area contributed by atoms with Crippen molar-refractivity contribution in [3.8, 4) is 22.8 Å². The summed E-state index contributed by atoms with van der Waals surface area (Å²) in [5.41, 5.74) is 3.22. The maximum Gasteiger partial charge on any atom is 0.416 e. The molecule has 1 unspecified atom stereocenters. The fraction of sp³-hybridized carbons (Fsp3) is 0.435. The highest BCUT2D eigenvalue weighted by Crippen LogP contribution is 2.36. The maximum absolute atomic E-state index is 13.2. The van der Waals surface area contributed by atoms with E-state index in [4.69, 9.17) is 33.2 Å². The number of piperidine rings is 1. The lowest BCUT2D eigenvalue weighted by Gasteiger charge is -2.30. The summed E-state index contributed by atoms with van der Waals surface area (Å²) in [6, 6.07) is 12.4. The molecule has 5 heterocycles. The predicted octanol–water partition coefficient (Wildman–Crippen LogP) is 4.84.